The molecule has 27 heavy (non-hydrogen) atoms. The Balaban J connectivity index is 2.23. The van der Waals surface area contributed by atoms with Gasteiger partial charge in [0.2, 0.25) is 10.0 Å². The van der Waals surface area contributed by atoms with Gasteiger partial charge in [-0.05, 0) is 38.5 Å². The average molecular weight is 427 g/mol. The van der Waals surface area contributed by atoms with Gasteiger partial charge in [-0.1, -0.05) is 22.8 Å². The first-order valence-corrected chi connectivity index (χ1v) is 9.72. The Bertz CT molecular complexity index is 916. The second-order valence-electron chi connectivity index (χ2n) is 5.74. The van der Waals surface area contributed by atoms with Gasteiger partial charge in [-0.15, -0.1) is 5.10 Å². The lowest BCUT2D eigenvalue weighted by atomic mass is 10.2. The molecule has 0 saturated carbocycles. The smallest absolute Gasteiger partial charge is 0.422 e. The predicted octanol–water partition coefficient (Wildman–Crippen LogP) is 3.24. The standard InChI is InChI=1S/C15H18ClF3N4O3S/c1-4-23-13(20-21-14(23)26-8-15(17,18)19)10(3)22-27(24,25)11-6-5-9(2)12(16)7-11/h5-7,10,22H,4,8H2,1-3H3/t10-/m1/s1. The first kappa shape index (κ1) is 21.5. The third-order valence-corrected chi connectivity index (χ3v) is 5.55. The number of aromatic nitrogens is 3. The summed E-state index contributed by atoms with van der Waals surface area (Å²) in [7, 11) is -3.93. The molecule has 1 heterocycles. The molecule has 12 heteroatoms. The van der Waals surface area contributed by atoms with Gasteiger partial charge in [-0.2, -0.15) is 13.2 Å². The molecule has 150 valence electrons. The van der Waals surface area contributed by atoms with Crippen LogP contribution in [0.15, 0.2) is 23.1 Å². The van der Waals surface area contributed by atoms with Gasteiger partial charge in [-0.25, -0.2) is 13.1 Å². The Morgan fingerprint density at radius 1 is 1.33 bits per heavy atom. The lowest BCUT2D eigenvalue weighted by Crippen LogP contribution is -2.29. The average Bonchev–Trinajstić information content (AvgIpc) is 2.97. The summed E-state index contributed by atoms with van der Waals surface area (Å²) in [5, 5.41) is 7.64. The highest BCUT2D eigenvalue weighted by molar-refractivity contribution is 7.89. The molecule has 0 bridgehead atoms. The summed E-state index contributed by atoms with van der Waals surface area (Å²) in [5.74, 6) is 0.122. The van der Waals surface area contributed by atoms with Crippen LogP contribution < -0.4 is 9.46 Å². The molecule has 0 spiro atoms. The molecule has 2 aromatic rings. The van der Waals surface area contributed by atoms with E-state index in [0.29, 0.717) is 5.02 Å². The number of ether oxygens (including phenoxy) is 1. The van der Waals surface area contributed by atoms with E-state index >= 15 is 0 Å². The zero-order valence-corrected chi connectivity index (χ0v) is 16.3. The van der Waals surface area contributed by atoms with Gasteiger partial charge in [0.15, 0.2) is 12.4 Å². The molecular weight excluding hydrogens is 409 g/mol. The van der Waals surface area contributed by atoms with Crippen LogP contribution in [0.4, 0.5) is 13.2 Å². The molecule has 0 unspecified atom stereocenters. The van der Waals surface area contributed by atoms with Crippen LogP contribution in [0, 0.1) is 6.92 Å². The van der Waals surface area contributed by atoms with Crippen molar-refractivity contribution >= 4 is 21.6 Å². The molecule has 0 saturated heterocycles. The van der Waals surface area contributed by atoms with E-state index in [1.165, 1.54) is 23.6 Å². The van der Waals surface area contributed by atoms with Crippen LogP contribution in [-0.4, -0.2) is 36.0 Å². The Kier molecular flexibility index (Phi) is 6.38. The lowest BCUT2D eigenvalue weighted by Gasteiger charge is -2.16. The van der Waals surface area contributed by atoms with Crippen molar-refractivity contribution in [2.75, 3.05) is 6.61 Å². The van der Waals surface area contributed by atoms with E-state index in [4.69, 9.17) is 11.6 Å². The number of hydrogen-bond acceptors (Lipinski definition) is 5. The fraction of sp³-hybridized carbons (Fsp3) is 0.467. The van der Waals surface area contributed by atoms with Crippen molar-refractivity contribution in [2.24, 2.45) is 0 Å². The van der Waals surface area contributed by atoms with E-state index in [2.05, 4.69) is 19.7 Å². The minimum absolute atomic E-state index is 0.0407. The summed E-state index contributed by atoms with van der Waals surface area (Å²) >= 11 is 5.97. The van der Waals surface area contributed by atoms with Crippen LogP contribution in [-0.2, 0) is 16.6 Å². The van der Waals surface area contributed by atoms with E-state index in [1.54, 1.807) is 19.9 Å². The van der Waals surface area contributed by atoms with Crippen molar-refractivity contribution in [2.45, 2.75) is 44.4 Å². The molecule has 1 aromatic heterocycles. The van der Waals surface area contributed by atoms with Gasteiger partial charge >= 0.3 is 12.2 Å². The Morgan fingerprint density at radius 2 is 2.00 bits per heavy atom. The van der Waals surface area contributed by atoms with E-state index in [1.807, 2.05) is 0 Å². The molecule has 0 aliphatic heterocycles. The van der Waals surface area contributed by atoms with Crippen molar-refractivity contribution in [3.05, 3.63) is 34.6 Å². The normalized spacial score (nSPS) is 13.6. The maximum Gasteiger partial charge on any atom is 0.422 e. The summed E-state index contributed by atoms with van der Waals surface area (Å²) in [5.41, 5.74) is 0.723. The molecule has 0 aliphatic carbocycles. The van der Waals surface area contributed by atoms with Gasteiger partial charge in [0.05, 0.1) is 10.9 Å². The number of halogens is 4. The van der Waals surface area contributed by atoms with E-state index in [0.717, 1.165) is 5.56 Å². The first-order chi connectivity index (χ1) is 12.4. The minimum atomic E-state index is -4.53. The summed E-state index contributed by atoms with van der Waals surface area (Å²) < 4.78 is 70.4. The van der Waals surface area contributed by atoms with Crippen LogP contribution in [0.1, 0.15) is 31.3 Å². The SMILES string of the molecule is CCn1c(OCC(F)(F)F)nnc1[C@@H](C)NS(=O)(=O)c1ccc(C)c(Cl)c1. The monoisotopic (exact) mass is 426 g/mol. The lowest BCUT2D eigenvalue weighted by molar-refractivity contribution is -0.155. The summed E-state index contributed by atoms with van der Waals surface area (Å²) in [6.07, 6.45) is -4.53. The van der Waals surface area contributed by atoms with Gasteiger partial charge in [0, 0.05) is 11.6 Å². The molecule has 2 rings (SSSR count). The molecule has 0 fully saturated rings. The number of alkyl halides is 3. The van der Waals surface area contributed by atoms with Gasteiger partial charge < -0.3 is 4.74 Å². The van der Waals surface area contributed by atoms with Crippen molar-refractivity contribution in [3.63, 3.8) is 0 Å². The van der Waals surface area contributed by atoms with E-state index in [-0.39, 0.29) is 23.3 Å². The molecule has 1 aromatic carbocycles. The fourth-order valence-corrected chi connectivity index (χ4v) is 3.74. The Morgan fingerprint density at radius 3 is 2.56 bits per heavy atom. The highest BCUT2D eigenvalue weighted by Gasteiger charge is 2.30. The van der Waals surface area contributed by atoms with Crippen molar-refractivity contribution in [3.8, 4) is 6.01 Å². The fourth-order valence-electron chi connectivity index (χ4n) is 2.26. The number of benzene rings is 1. The molecule has 1 N–H and O–H groups in total. The number of hydrogen-bond donors (Lipinski definition) is 1. The third kappa shape index (κ3) is 5.33. The second kappa shape index (κ2) is 8.03. The summed E-state index contributed by atoms with van der Waals surface area (Å²) in [6.45, 7) is 3.55. The Labute approximate surface area is 159 Å². The van der Waals surface area contributed by atoms with Crippen molar-refractivity contribution in [1.29, 1.82) is 0 Å². The zero-order chi connectivity index (χ0) is 20.4. The van der Waals surface area contributed by atoms with E-state index in [9.17, 15) is 21.6 Å². The Hall–Kier alpha value is -1.85. The topological polar surface area (TPSA) is 86.1 Å². The zero-order valence-electron chi connectivity index (χ0n) is 14.7. The van der Waals surface area contributed by atoms with Crippen LogP contribution in [0.5, 0.6) is 6.01 Å². The molecule has 7 nitrogen and oxygen atoms in total. The van der Waals surface area contributed by atoms with E-state index < -0.39 is 28.8 Å². The number of sulfonamides is 1. The highest BCUT2D eigenvalue weighted by atomic mass is 35.5. The molecule has 0 radical (unpaired) electrons. The van der Waals surface area contributed by atoms with Gasteiger partial charge in [0.25, 0.3) is 0 Å². The number of aryl methyl sites for hydroxylation is 1. The molecule has 0 aliphatic rings. The van der Waals surface area contributed by atoms with Crippen LogP contribution in [0.25, 0.3) is 0 Å². The molecular formula is C15H18ClF3N4O3S. The predicted molar refractivity (Wildman–Crippen MR) is 92.2 cm³/mol. The maximum absolute atomic E-state index is 12.5. The van der Waals surface area contributed by atoms with Crippen LogP contribution >= 0.6 is 11.6 Å². The quantitative estimate of drug-likeness (QED) is 0.734. The van der Waals surface area contributed by atoms with Crippen molar-refractivity contribution < 1.29 is 26.3 Å². The number of nitrogens with zero attached hydrogens (tertiary/aromatic N) is 3. The highest BCUT2D eigenvalue weighted by Crippen LogP contribution is 2.24. The maximum atomic E-state index is 12.5. The van der Waals surface area contributed by atoms with Gasteiger partial charge in [0.1, 0.15) is 0 Å². The van der Waals surface area contributed by atoms with Crippen molar-refractivity contribution in [1.82, 2.24) is 19.5 Å². The van der Waals surface area contributed by atoms with Gasteiger partial charge in [-0.3, -0.25) is 4.57 Å². The van der Waals surface area contributed by atoms with Crippen LogP contribution in [0.3, 0.4) is 0 Å². The largest absolute Gasteiger partial charge is 0.454 e. The number of nitrogens with one attached hydrogen (secondary N) is 1. The molecule has 0 amide bonds. The summed E-state index contributed by atoms with van der Waals surface area (Å²) in [4.78, 5) is -0.0407. The first-order valence-electron chi connectivity index (χ1n) is 7.85. The third-order valence-electron chi connectivity index (χ3n) is 3.60. The number of rotatable bonds is 7. The van der Waals surface area contributed by atoms with Crippen LogP contribution in [0.2, 0.25) is 5.02 Å². The minimum Gasteiger partial charge on any atom is -0.454 e. The summed E-state index contributed by atoms with van der Waals surface area (Å²) in [6, 6.07) is 3.08. The second-order valence-corrected chi connectivity index (χ2v) is 7.86. The molecule has 1 atom stereocenters.